The van der Waals surface area contributed by atoms with Crippen LogP contribution in [0.4, 0.5) is 24.8 Å². The van der Waals surface area contributed by atoms with Gasteiger partial charge in [0.25, 0.3) is 5.91 Å². The number of hydrogen-bond acceptors (Lipinski definition) is 7. The van der Waals surface area contributed by atoms with Crippen LogP contribution in [-0.4, -0.2) is 54.5 Å². The second-order valence-corrected chi connectivity index (χ2v) is 10.4. The zero-order valence-electron chi connectivity index (χ0n) is 21.9. The summed E-state index contributed by atoms with van der Waals surface area (Å²) < 4.78 is 40.9. The third-order valence-corrected chi connectivity index (χ3v) is 7.78. The quantitative estimate of drug-likeness (QED) is 0.359. The average Bonchev–Trinajstić information content (AvgIpc) is 3.33. The second kappa shape index (κ2) is 10.5. The van der Waals surface area contributed by atoms with Gasteiger partial charge in [0.2, 0.25) is 5.91 Å². The van der Waals surface area contributed by atoms with Gasteiger partial charge in [0.15, 0.2) is 5.65 Å². The molecule has 2 fully saturated rings. The number of carbonyl (C=O) groups excluding carboxylic acids is 2. The Balaban J connectivity index is 1.26. The van der Waals surface area contributed by atoms with E-state index >= 15 is 0 Å². The minimum Gasteiger partial charge on any atom is -0.383 e. The number of nitrogens with two attached hydrogens (primary N) is 1. The molecule has 1 saturated heterocycles. The number of nitrogen functional groups attached to an aromatic ring is 1. The highest BCUT2D eigenvalue weighted by Gasteiger charge is 2.34. The molecule has 3 aromatic heterocycles. The SMILES string of the molecule is Nc1ncnc2c1c(-c1ccc(C(=O)Nc3cc(C(F)(F)F)ccn3)cc1)nn2C1CCCN(C(=O)C2CCC2)C1. The van der Waals surface area contributed by atoms with Gasteiger partial charge in [-0.3, -0.25) is 9.59 Å². The van der Waals surface area contributed by atoms with E-state index in [1.807, 2.05) is 9.58 Å². The first-order valence-electron chi connectivity index (χ1n) is 13.4. The molecule has 0 bridgehead atoms. The van der Waals surface area contributed by atoms with Crippen molar-refractivity contribution in [3.63, 3.8) is 0 Å². The standard InChI is InChI=1S/C28H27F3N8O2/c29-28(30,31)19-10-11-33-21(13-19)36-26(40)17-8-6-16(7-9-17)23-22-24(32)34-15-35-25(22)39(37-23)20-5-2-12-38(14-20)27(41)18-3-1-4-18/h6-11,13,15,18,20H,1-5,12,14H2,(H2,32,34,35)(H,33,36,40). The smallest absolute Gasteiger partial charge is 0.383 e. The minimum atomic E-state index is -4.55. The zero-order chi connectivity index (χ0) is 28.7. The number of piperidine rings is 1. The normalized spacial score (nSPS) is 17.8. The first kappa shape index (κ1) is 26.7. The lowest BCUT2D eigenvalue weighted by molar-refractivity contribution is -0.140. The first-order chi connectivity index (χ1) is 19.7. The molecule has 6 rings (SSSR count). The molecule has 1 aliphatic heterocycles. The maximum Gasteiger partial charge on any atom is 0.416 e. The van der Waals surface area contributed by atoms with Gasteiger partial charge in [0.1, 0.15) is 23.7 Å². The van der Waals surface area contributed by atoms with Gasteiger partial charge in [-0.1, -0.05) is 18.6 Å². The van der Waals surface area contributed by atoms with Gasteiger partial charge in [-0.15, -0.1) is 0 Å². The van der Waals surface area contributed by atoms with E-state index in [9.17, 15) is 22.8 Å². The van der Waals surface area contributed by atoms with Crippen molar-refractivity contribution < 1.29 is 22.8 Å². The molecule has 4 heterocycles. The molecular formula is C28H27F3N8O2. The number of halogens is 3. The van der Waals surface area contributed by atoms with Crippen LogP contribution in [0, 0.1) is 5.92 Å². The molecule has 2 amide bonds. The number of aromatic nitrogens is 5. The molecule has 10 nitrogen and oxygen atoms in total. The van der Waals surface area contributed by atoms with Gasteiger partial charge in [-0.05, 0) is 49.9 Å². The van der Waals surface area contributed by atoms with Crippen LogP contribution in [0.1, 0.15) is 54.1 Å². The Labute approximate surface area is 232 Å². The van der Waals surface area contributed by atoms with E-state index < -0.39 is 17.6 Å². The molecule has 2 aliphatic rings. The fourth-order valence-electron chi connectivity index (χ4n) is 5.36. The van der Waals surface area contributed by atoms with E-state index in [4.69, 9.17) is 10.8 Å². The van der Waals surface area contributed by atoms with Gasteiger partial charge in [-0.25, -0.2) is 19.6 Å². The topological polar surface area (TPSA) is 132 Å². The summed E-state index contributed by atoms with van der Waals surface area (Å²) in [7, 11) is 0. The monoisotopic (exact) mass is 564 g/mol. The maximum atomic E-state index is 13.0. The molecule has 0 spiro atoms. The highest BCUT2D eigenvalue weighted by molar-refractivity contribution is 6.04. The second-order valence-electron chi connectivity index (χ2n) is 10.4. The summed E-state index contributed by atoms with van der Waals surface area (Å²) in [6.45, 7) is 1.27. The van der Waals surface area contributed by atoms with Crippen molar-refractivity contribution in [2.75, 3.05) is 24.1 Å². The van der Waals surface area contributed by atoms with Gasteiger partial charge < -0.3 is 16.0 Å². The van der Waals surface area contributed by atoms with Crippen LogP contribution in [0.3, 0.4) is 0 Å². The molecule has 1 unspecified atom stereocenters. The Morgan fingerprint density at radius 2 is 1.78 bits per heavy atom. The van der Waals surface area contributed by atoms with Crippen LogP contribution in [0.25, 0.3) is 22.3 Å². The van der Waals surface area contributed by atoms with Crippen LogP contribution >= 0.6 is 0 Å². The summed E-state index contributed by atoms with van der Waals surface area (Å²) in [6, 6.07) is 7.98. The number of benzene rings is 1. The average molecular weight is 565 g/mol. The molecular weight excluding hydrogens is 537 g/mol. The van der Waals surface area contributed by atoms with Crippen molar-refractivity contribution in [2.45, 2.75) is 44.3 Å². The molecule has 13 heteroatoms. The van der Waals surface area contributed by atoms with Crippen molar-refractivity contribution in [2.24, 2.45) is 5.92 Å². The molecule has 41 heavy (non-hydrogen) atoms. The summed E-state index contributed by atoms with van der Waals surface area (Å²) in [6.07, 6.45) is 2.50. The third kappa shape index (κ3) is 5.19. The lowest BCUT2D eigenvalue weighted by Crippen LogP contribution is -2.45. The number of anilines is 2. The molecule has 1 aromatic carbocycles. The lowest BCUT2D eigenvalue weighted by atomic mass is 9.84. The Morgan fingerprint density at radius 3 is 2.49 bits per heavy atom. The number of alkyl halides is 3. The highest BCUT2D eigenvalue weighted by atomic mass is 19.4. The van der Waals surface area contributed by atoms with Crippen LogP contribution in [-0.2, 0) is 11.0 Å². The number of pyridine rings is 1. The number of fused-ring (bicyclic) bond motifs is 1. The molecule has 4 aromatic rings. The Hall–Kier alpha value is -4.55. The Morgan fingerprint density at radius 1 is 1.00 bits per heavy atom. The zero-order valence-corrected chi connectivity index (χ0v) is 21.9. The number of amides is 2. The molecule has 1 aliphatic carbocycles. The molecule has 212 valence electrons. The van der Waals surface area contributed by atoms with Crippen molar-refractivity contribution in [3.05, 3.63) is 60.0 Å². The molecule has 3 N–H and O–H groups in total. The van der Waals surface area contributed by atoms with E-state index in [0.717, 1.165) is 57.0 Å². The summed E-state index contributed by atoms with van der Waals surface area (Å²) >= 11 is 0. The number of nitrogens with one attached hydrogen (secondary N) is 1. The van der Waals surface area contributed by atoms with E-state index in [0.29, 0.717) is 28.8 Å². The highest BCUT2D eigenvalue weighted by Crippen LogP contribution is 2.35. The number of carbonyl (C=O) groups is 2. The summed E-state index contributed by atoms with van der Waals surface area (Å²) in [5.41, 5.74) is 7.33. The van der Waals surface area contributed by atoms with Gasteiger partial charge in [0, 0.05) is 36.3 Å². The van der Waals surface area contributed by atoms with Crippen LogP contribution in [0.15, 0.2) is 48.9 Å². The van der Waals surface area contributed by atoms with Gasteiger partial charge in [-0.2, -0.15) is 18.3 Å². The Kier molecular flexibility index (Phi) is 6.80. The van der Waals surface area contributed by atoms with Gasteiger partial charge >= 0.3 is 6.18 Å². The molecule has 1 atom stereocenters. The van der Waals surface area contributed by atoms with E-state index in [1.165, 1.54) is 6.33 Å². The van der Waals surface area contributed by atoms with Crippen LogP contribution in [0.2, 0.25) is 0 Å². The van der Waals surface area contributed by atoms with E-state index in [1.54, 1.807) is 24.3 Å². The first-order valence-corrected chi connectivity index (χ1v) is 13.4. The van der Waals surface area contributed by atoms with E-state index in [2.05, 4.69) is 20.3 Å². The number of nitrogens with zero attached hydrogens (tertiary/aromatic N) is 6. The lowest BCUT2D eigenvalue weighted by Gasteiger charge is -2.37. The van der Waals surface area contributed by atoms with Crippen LogP contribution < -0.4 is 11.1 Å². The third-order valence-electron chi connectivity index (χ3n) is 7.78. The number of likely N-dealkylation sites (tertiary alicyclic amines) is 1. The summed E-state index contributed by atoms with van der Waals surface area (Å²) in [5.74, 6) is -0.231. The van der Waals surface area contributed by atoms with E-state index in [-0.39, 0.29) is 35.1 Å². The fourth-order valence-corrected chi connectivity index (χ4v) is 5.36. The minimum absolute atomic E-state index is 0.0802. The summed E-state index contributed by atoms with van der Waals surface area (Å²) in [4.78, 5) is 40.0. The number of rotatable bonds is 5. The van der Waals surface area contributed by atoms with Crippen LogP contribution in [0.5, 0.6) is 0 Å². The maximum absolute atomic E-state index is 13.0. The van der Waals surface area contributed by atoms with Gasteiger partial charge in [0.05, 0.1) is 17.0 Å². The molecule has 0 radical (unpaired) electrons. The van der Waals surface area contributed by atoms with Crippen molar-refractivity contribution >= 4 is 34.5 Å². The predicted molar refractivity (Wildman–Crippen MR) is 145 cm³/mol. The molecule has 1 saturated carbocycles. The summed E-state index contributed by atoms with van der Waals surface area (Å²) in [5, 5.41) is 7.84. The van der Waals surface area contributed by atoms with Crippen molar-refractivity contribution in [1.29, 1.82) is 0 Å². The number of hydrogen-bond donors (Lipinski definition) is 2. The largest absolute Gasteiger partial charge is 0.416 e. The van der Waals surface area contributed by atoms with Crippen molar-refractivity contribution in [1.82, 2.24) is 29.6 Å². The van der Waals surface area contributed by atoms with Crippen molar-refractivity contribution in [3.8, 4) is 11.3 Å². The fraction of sp³-hybridized carbons (Fsp3) is 0.357. The Bertz CT molecular complexity index is 1620. The predicted octanol–water partition coefficient (Wildman–Crippen LogP) is 4.71.